The number of aromatic nitrogens is 3. The molecule has 0 aliphatic heterocycles. The Bertz CT molecular complexity index is 579. The molecule has 2 aromatic rings. The van der Waals surface area contributed by atoms with E-state index in [9.17, 15) is 4.39 Å². The summed E-state index contributed by atoms with van der Waals surface area (Å²) in [5, 5.41) is 10.1. The number of hydrogen-bond acceptors (Lipinski definition) is 4. The summed E-state index contributed by atoms with van der Waals surface area (Å²) in [6.45, 7) is 0.356. The van der Waals surface area contributed by atoms with E-state index in [2.05, 4.69) is 20.5 Å². The molecule has 1 N–H and O–H groups in total. The van der Waals surface area contributed by atoms with Gasteiger partial charge in [0, 0.05) is 6.54 Å². The predicted molar refractivity (Wildman–Crippen MR) is 68.6 cm³/mol. The molecule has 1 aromatic carbocycles. The van der Waals surface area contributed by atoms with Gasteiger partial charge in [-0.15, -0.1) is 10.2 Å². The Morgan fingerprint density at radius 2 is 1.94 bits per heavy atom. The molecule has 0 atom stereocenters. The van der Waals surface area contributed by atoms with Crippen LogP contribution < -0.4 is 5.32 Å². The van der Waals surface area contributed by atoms with Gasteiger partial charge in [-0.2, -0.15) is 4.98 Å². The fraction of sp³-hybridized carbons (Fsp3) is 0.100. The number of rotatable bonds is 3. The number of anilines is 1. The van der Waals surface area contributed by atoms with Crippen molar-refractivity contribution < 1.29 is 4.39 Å². The van der Waals surface area contributed by atoms with Crippen molar-refractivity contribution in [3.8, 4) is 0 Å². The zero-order chi connectivity index (χ0) is 13.1. The van der Waals surface area contributed by atoms with Crippen LogP contribution in [0, 0.1) is 5.82 Å². The third kappa shape index (κ3) is 3.19. The Balaban J connectivity index is 2.11. The summed E-state index contributed by atoms with van der Waals surface area (Å²) in [6.07, 6.45) is 0. The van der Waals surface area contributed by atoms with E-state index in [0.29, 0.717) is 12.4 Å². The van der Waals surface area contributed by atoms with Crippen LogP contribution in [0.5, 0.6) is 0 Å². The molecule has 0 aliphatic carbocycles. The average Bonchev–Trinajstić information content (AvgIpc) is 2.34. The SMILES string of the molecule is Fc1ccc(CNc2nc(Cl)nnc2Cl)cc1Cl. The van der Waals surface area contributed by atoms with Gasteiger partial charge in [-0.05, 0) is 29.3 Å². The van der Waals surface area contributed by atoms with Crippen molar-refractivity contribution in [2.24, 2.45) is 0 Å². The van der Waals surface area contributed by atoms with Gasteiger partial charge in [-0.3, -0.25) is 0 Å². The van der Waals surface area contributed by atoms with Crippen LogP contribution in [-0.4, -0.2) is 15.2 Å². The predicted octanol–water partition coefficient (Wildman–Crippen LogP) is 3.58. The van der Waals surface area contributed by atoms with E-state index < -0.39 is 5.82 Å². The first-order valence-corrected chi connectivity index (χ1v) is 5.93. The number of halogens is 4. The Labute approximate surface area is 117 Å². The van der Waals surface area contributed by atoms with Crippen molar-refractivity contribution in [1.82, 2.24) is 15.2 Å². The average molecular weight is 308 g/mol. The highest BCUT2D eigenvalue weighted by atomic mass is 35.5. The summed E-state index contributed by atoms with van der Waals surface area (Å²) >= 11 is 17.0. The van der Waals surface area contributed by atoms with Crippen molar-refractivity contribution in [2.75, 3.05) is 5.32 Å². The fourth-order valence-electron chi connectivity index (χ4n) is 1.24. The van der Waals surface area contributed by atoms with E-state index in [0.717, 1.165) is 5.56 Å². The zero-order valence-corrected chi connectivity index (χ0v) is 11.1. The molecule has 0 unspecified atom stereocenters. The smallest absolute Gasteiger partial charge is 0.245 e. The Morgan fingerprint density at radius 1 is 1.17 bits per heavy atom. The Hall–Kier alpha value is -1.17. The van der Waals surface area contributed by atoms with Gasteiger partial charge in [-0.25, -0.2) is 4.39 Å². The third-order valence-corrected chi connectivity index (χ3v) is 2.77. The lowest BCUT2D eigenvalue weighted by molar-refractivity contribution is 0.627. The second-order valence-corrected chi connectivity index (χ2v) is 4.43. The van der Waals surface area contributed by atoms with E-state index in [1.807, 2.05) is 0 Å². The Kier molecular flexibility index (Phi) is 4.16. The maximum atomic E-state index is 13.0. The zero-order valence-electron chi connectivity index (χ0n) is 8.79. The molecular formula is C10H6Cl3FN4. The summed E-state index contributed by atoms with van der Waals surface area (Å²) in [5.74, 6) is -0.165. The molecule has 0 bridgehead atoms. The number of benzene rings is 1. The first-order chi connectivity index (χ1) is 8.56. The largest absolute Gasteiger partial charge is 0.363 e. The van der Waals surface area contributed by atoms with E-state index in [-0.39, 0.29) is 15.5 Å². The molecule has 0 fully saturated rings. The summed E-state index contributed by atoms with van der Waals surface area (Å²) in [4.78, 5) is 3.87. The first-order valence-electron chi connectivity index (χ1n) is 4.80. The lowest BCUT2D eigenvalue weighted by Gasteiger charge is -2.07. The van der Waals surface area contributed by atoms with Gasteiger partial charge in [0.2, 0.25) is 5.28 Å². The maximum Gasteiger partial charge on any atom is 0.245 e. The minimum atomic E-state index is -0.467. The van der Waals surface area contributed by atoms with Crippen molar-refractivity contribution in [3.63, 3.8) is 0 Å². The molecule has 4 nitrogen and oxygen atoms in total. The van der Waals surface area contributed by atoms with Crippen LogP contribution in [0.3, 0.4) is 0 Å². The second kappa shape index (κ2) is 5.65. The van der Waals surface area contributed by atoms with Crippen LogP contribution in [0.1, 0.15) is 5.56 Å². The molecule has 2 rings (SSSR count). The second-order valence-electron chi connectivity index (χ2n) is 3.32. The molecule has 8 heteroatoms. The van der Waals surface area contributed by atoms with E-state index in [1.165, 1.54) is 12.1 Å². The molecular weight excluding hydrogens is 301 g/mol. The Morgan fingerprint density at radius 3 is 2.67 bits per heavy atom. The van der Waals surface area contributed by atoms with E-state index in [1.54, 1.807) is 6.07 Å². The van der Waals surface area contributed by atoms with Crippen molar-refractivity contribution >= 4 is 40.6 Å². The highest BCUT2D eigenvalue weighted by Gasteiger charge is 2.06. The van der Waals surface area contributed by atoms with Gasteiger partial charge >= 0.3 is 0 Å². The molecule has 0 radical (unpaired) electrons. The van der Waals surface area contributed by atoms with Crippen LogP contribution in [0.15, 0.2) is 18.2 Å². The van der Waals surface area contributed by atoms with Gasteiger partial charge in [0.1, 0.15) is 5.82 Å². The topological polar surface area (TPSA) is 50.7 Å². The minimum Gasteiger partial charge on any atom is -0.363 e. The lowest BCUT2D eigenvalue weighted by Crippen LogP contribution is -2.04. The van der Waals surface area contributed by atoms with Crippen LogP contribution in [0.25, 0.3) is 0 Å². The molecule has 1 heterocycles. The maximum absolute atomic E-state index is 13.0. The quantitative estimate of drug-likeness (QED) is 0.941. The summed E-state index contributed by atoms with van der Waals surface area (Å²) in [6, 6.07) is 4.39. The van der Waals surface area contributed by atoms with Crippen LogP contribution >= 0.6 is 34.8 Å². The summed E-state index contributed by atoms with van der Waals surface area (Å²) in [5.41, 5.74) is 0.771. The molecule has 1 aromatic heterocycles. The van der Waals surface area contributed by atoms with Gasteiger partial charge < -0.3 is 5.32 Å². The molecule has 0 aliphatic rings. The fourth-order valence-corrected chi connectivity index (χ4v) is 1.71. The summed E-state index contributed by atoms with van der Waals surface area (Å²) in [7, 11) is 0. The highest BCUT2D eigenvalue weighted by molar-refractivity contribution is 6.32. The molecule has 0 saturated carbocycles. The third-order valence-electron chi connectivity index (χ3n) is 2.06. The van der Waals surface area contributed by atoms with Crippen LogP contribution in [0.4, 0.5) is 10.2 Å². The van der Waals surface area contributed by atoms with E-state index >= 15 is 0 Å². The normalized spacial score (nSPS) is 10.4. The monoisotopic (exact) mass is 306 g/mol. The summed E-state index contributed by atoms with van der Waals surface area (Å²) < 4.78 is 13.0. The van der Waals surface area contributed by atoms with Crippen molar-refractivity contribution in [1.29, 1.82) is 0 Å². The molecule has 0 saturated heterocycles. The molecule has 0 amide bonds. The lowest BCUT2D eigenvalue weighted by atomic mass is 10.2. The van der Waals surface area contributed by atoms with Gasteiger partial charge in [0.25, 0.3) is 0 Å². The van der Waals surface area contributed by atoms with Crippen LogP contribution in [-0.2, 0) is 6.54 Å². The first kappa shape index (κ1) is 13.3. The van der Waals surface area contributed by atoms with Crippen LogP contribution in [0.2, 0.25) is 15.5 Å². The highest BCUT2D eigenvalue weighted by Crippen LogP contribution is 2.19. The van der Waals surface area contributed by atoms with Crippen molar-refractivity contribution in [2.45, 2.75) is 6.54 Å². The minimum absolute atomic E-state index is 0.0148. The molecule has 18 heavy (non-hydrogen) atoms. The standard InChI is InChI=1S/C10H6Cl3FN4/c11-6-3-5(1-2-7(6)14)4-15-9-8(12)17-18-10(13)16-9/h1-3H,4H2,(H,15,16,18). The number of hydrogen-bond donors (Lipinski definition) is 1. The van der Waals surface area contributed by atoms with Gasteiger partial charge in [0.05, 0.1) is 5.02 Å². The van der Waals surface area contributed by atoms with Gasteiger partial charge in [0.15, 0.2) is 11.0 Å². The van der Waals surface area contributed by atoms with Gasteiger partial charge in [-0.1, -0.05) is 29.3 Å². The molecule has 0 spiro atoms. The van der Waals surface area contributed by atoms with Crippen molar-refractivity contribution in [3.05, 3.63) is 45.0 Å². The number of nitrogens with zero attached hydrogens (tertiary/aromatic N) is 3. The number of nitrogens with one attached hydrogen (secondary N) is 1. The molecule has 94 valence electrons. The van der Waals surface area contributed by atoms with E-state index in [4.69, 9.17) is 34.8 Å².